The van der Waals surface area contributed by atoms with Crippen molar-refractivity contribution in [1.29, 1.82) is 0 Å². The third kappa shape index (κ3) is 6.53. The van der Waals surface area contributed by atoms with E-state index in [0.717, 1.165) is 16.7 Å². The SMILES string of the molecule is COC(=O)Cc1ccc[cH-]1.Cc1ccc(C([O-])=C2C=CC=C2)cc1.[Fe+2]. The van der Waals surface area contributed by atoms with E-state index in [1.54, 1.807) is 0 Å². The minimum Gasteiger partial charge on any atom is -0.872 e. The van der Waals surface area contributed by atoms with Gasteiger partial charge in [0.2, 0.25) is 0 Å². The summed E-state index contributed by atoms with van der Waals surface area (Å²) in [5.41, 5.74) is 3.69. The molecule has 0 amide bonds. The molecule has 2 aromatic rings. The van der Waals surface area contributed by atoms with Crippen molar-refractivity contribution in [2.75, 3.05) is 7.11 Å². The Morgan fingerprint density at radius 1 is 1.12 bits per heavy atom. The topological polar surface area (TPSA) is 49.4 Å². The standard InChI is InChI=1S/C13H12O.C8H9O2.Fe/c1-10-6-8-12(9-7-10)13(14)11-4-2-3-5-11;1-10-8(9)6-7-4-2-3-5-7;/h2-9,14H,1H3;2-5H,6H2,1H3;/q;-1;+2/p-1. The molecular formula is C21H20FeO3. The maximum absolute atomic E-state index is 11.8. The molecule has 0 spiro atoms. The number of hydrogen-bond donors (Lipinski definition) is 0. The third-order valence-electron chi connectivity index (χ3n) is 3.55. The number of ether oxygens (including phenoxy) is 1. The second-order valence-corrected chi connectivity index (χ2v) is 5.41. The van der Waals surface area contributed by atoms with E-state index in [9.17, 15) is 9.90 Å². The first-order valence-corrected chi connectivity index (χ1v) is 7.70. The summed E-state index contributed by atoms with van der Waals surface area (Å²) in [4.78, 5) is 10.7. The zero-order valence-corrected chi connectivity index (χ0v) is 15.3. The molecule has 0 bridgehead atoms. The summed E-state index contributed by atoms with van der Waals surface area (Å²) in [7, 11) is 1.39. The Kier molecular flexibility index (Phi) is 8.62. The number of hydrogen-bond acceptors (Lipinski definition) is 3. The number of benzene rings is 1. The van der Waals surface area contributed by atoms with Crippen LogP contribution in [0.15, 0.2) is 78.4 Å². The molecule has 1 aliphatic rings. The number of esters is 1. The molecule has 0 N–H and O–H groups in total. The summed E-state index contributed by atoms with van der Waals surface area (Å²) >= 11 is 0. The largest absolute Gasteiger partial charge is 2.00 e. The van der Waals surface area contributed by atoms with E-state index in [4.69, 9.17) is 0 Å². The Hall–Kier alpha value is -2.42. The van der Waals surface area contributed by atoms with Gasteiger partial charge in [-0.05, 0) is 18.1 Å². The Bertz CT molecular complexity index is 737. The van der Waals surface area contributed by atoms with Gasteiger partial charge in [-0.3, -0.25) is 4.79 Å². The molecule has 1 aliphatic carbocycles. The van der Waals surface area contributed by atoms with Crippen molar-refractivity contribution in [1.82, 2.24) is 0 Å². The molecule has 0 aromatic heterocycles. The first-order valence-electron chi connectivity index (χ1n) is 7.70. The van der Waals surface area contributed by atoms with E-state index in [-0.39, 0.29) is 28.8 Å². The molecule has 3 rings (SSSR count). The van der Waals surface area contributed by atoms with E-state index >= 15 is 0 Å². The Labute approximate surface area is 159 Å². The maximum atomic E-state index is 11.8. The van der Waals surface area contributed by atoms with Gasteiger partial charge in [-0.25, -0.2) is 12.1 Å². The van der Waals surface area contributed by atoms with Crippen LogP contribution < -0.4 is 5.11 Å². The molecule has 0 saturated carbocycles. The first-order chi connectivity index (χ1) is 11.6. The summed E-state index contributed by atoms with van der Waals surface area (Å²) in [5.74, 6) is -0.0961. The van der Waals surface area contributed by atoms with Crippen LogP contribution in [0.25, 0.3) is 5.76 Å². The van der Waals surface area contributed by atoms with Gasteiger partial charge in [0, 0.05) is 6.42 Å². The number of carbonyl (C=O) groups excluding carboxylic acids is 1. The molecule has 0 unspecified atom stereocenters. The van der Waals surface area contributed by atoms with Gasteiger partial charge >= 0.3 is 23.0 Å². The summed E-state index contributed by atoms with van der Waals surface area (Å²) in [6.07, 6.45) is 7.80. The molecule has 0 saturated heterocycles. The van der Waals surface area contributed by atoms with E-state index in [0.29, 0.717) is 6.42 Å². The van der Waals surface area contributed by atoms with Crippen LogP contribution in [0.2, 0.25) is 0 Å². The second-order valence-electron chi connectivity index (χ2n) is 5.41. The van der Waals surface area contributed by atoms with Gasteiger partial charge in [0.25, 0.3) is 0 Å². The van der Waals surface area contributed by atoms with Gasteiger partial charge in [0.05, 0.1) is 7.11 Å². The fourth-order valence-electron chi connectivity index (χ4n) is 2.17. The van der Waals surface area contributed by atoms with Gasteiger partial charge in [-0.2, -0.15) is 17.7 Å². The van der Waals surface area contributed by atoms with Crippen molar-refractivity contribution < 1.29 is 31.7 Å². The number of carbonyl (C=O) groups is 1. The van der Waals surface area contributed by atoms with E-state index in [1.165, 1.54) is 12.7 Å². The number of rotatable bonds is 3. The van der Waals surface area contributed by atoms with Crippen molar-refractivity contribution in [2.45, 2.75) is 13.3 Å². The fourth-order valence-corrected chi connectivity index (χ4v) is 2.17. The second kappa shape index (κ2) is 10.4. The van der Waals surface area contributed by atoms with Gasteiger partial charge in [-0.15, -0.1) is 0 Å². The van der Waals surface area contributed by atoms with Crippen LogP contribution in [0.3, 0.4) is 0 Å². The van der Waals surface area contributed by atoms with Crippen LogP contribution in [0.5, 0.6) is 0 Å². The molecule has 2 aromatic carbocycles. The van der Waals surface area contributed by atoms with E-state index in [1.807, 2.05) is 79.8 Å². The van der Waals surface area contributed by atoms with Gasteiger partial charge in [0.1, 0.15) is 0 Å². The zero-order valence-electron chi connectivity index (χ0n) is 14.2. The van der Waals surface area contributed by atoms with Gasteiger partial charge in [-0.1, -0.05) is 59.9 Å². The van der Waals surface area contributed by atoms with Gasteiger partial charge in [0.15, 0.2) is 0 Å². The summed E-state index contributed by atoms with van der Waals surface area (Å²) in [5, 5.41) is 11.8. The Morgan fingerprint density at radius 3 is 2.28 bits per heavy atom. The van der Waals surface area contributed by atoms with Crippen LogP contribution >= 0.6 is 0 Å². The predicted octanol–water partition coefficient (Wildman–Crippen LogP) is 3.31. The summed E-state index contributed by atoms with van der Waals surface area (Å²) < 4.78 is 4.48. The molecule has 0 radical (unpaired) electrons. The molecule has 25 heavy (non-hydrogen) atoms. The molecule has 0 atom stereocenters. The maximum Gasteiger partial charge on any atom is 2.00 e. The fraction of sp³-hybridized carbons (Fsp3) is 0.143. The van der Waals surface area contributed by atoms with E-state index in [2.05, 4.69) is 4.74 Å². The van der Waals surface area contributed by atoms with Crippen molar-refractivity contribution in [3.8, 4) is 0 Å². The summed E-state index contributed by atoms with van der Waals surface area (Å²) in [6, 6.07) is 15.2. The van der Waals surface area contributed by atoms with Crippen molar-refractivity contribution >= 4 is 11.7 Å². The first kappa shape index (κ1) is 20.6. The predicted molar refractivity (Wildman–Crippen MR) is 94.1 cm³/mol. The van der Waals surface area contributed by atoms with E-state index < -0.39 is 0 Å². The van der Waals surface area contributed by atoms with Crippen molar-refractivity contribution in [3.05, 3.63) is 95.1 Å². The minimum atomic E-state index is -0.189. The molecule has 3 nitrogen and oxygen atoms in total. The number of aryl methyl sites for hydroxylation is 1. The van der Waals surface area contributed by atoms with Gasteiger partial charge < -0.3 is 9.84 Å². The van der Waals surface area contributed by atoms with Crippen molar-refractivity contribution in [3.63, 3.8) is 0 Å². The van der Waals surface area contributed by atoms with Crippen LogP contribution in [0, 0.1) is 6.92 Å². The molecular weight excluding hydrogens is 356 g/mol. The molecule has 130 valence electrons. The van der Waals surface area contributed by atoms with Crippen LogP contribution in [-0.4, -0.2) is 13.1 Å². The summed E-state index contributed by atoms with van der Waals surface area (Å²) in [6.45, 7) is 2.01. The van der Waals surface area contributed by atoms with Crippen molar-refractivity contribution in [2.24, 2.45) is 0 Å². The monoisotopic (exact) mass is 376 g/mol. The molecule has 0 aliphatic heterocycles. The average Bonchev–Trinajstić information content (AvgIpc) is 3.29. The molecule has 4 heteroatoms. The third-order valence-corrected chi connectivity index (χ3v) is 3.55. The van der Waals surface area contributed by atoms with Crippen LogP contribution in [0.4, 0.5) is 0 Å². The van der Waals surface area contributed by atoms with Crippen LogP contribution in [-0.2, 0) is 33.0 Å². The molecule has 0 fully saturated rings. The van der Waals surface area contributed by atoms with Crippen LogP contribution in [0.1, 0.15) is 16.7 Å². The normalized spacial score (nSPS) is 11.4. The number of methoxy groups -OCH3 is 1. The Morgan fingerprint density at radius 2 is 1.76 bits per heavy atom. The average molecular weight is 376 g/mol. The minimum absolute atomic E-state index is 0. The molecule has 0 heterocycles. The Balaban J connectivity index is 0.000000254. The quantitative estimate of drug-likeness (QED) is 0.358. The zero-order chi connectivity index (χ0) is 17.4. The smallest absolute Gasteiger partial charge is 0.872 e. The number of allylic oxidation sites excluding steroid dienone is 5.